The molecular formula is C24H18N2O12S2. The van der Waals surface area contributed by atoms with Crippen molar-refractivity contribution in [1.29, 1.82) is 0 Å². The van der Waals surface area contributed by atoms with Crippen molar-refractivity contribution in [3.05, 3.63) is 117 Å². The van der Waals surface area contributed by atoms with Gasteiger partial charge in [-0.15, -0.1) is 0 Å². The lowest BCUT2D eigenvalue weighted by molar-refractivity contribution is -0.386. The average Bonchev–Trinajstić information content (AvgIpc) is 2.89. The number of nitro groups is 2. The maximum atomic E-state index is 11.9. The lowest BCUT2D eigenvalue weighted by Gasteiger charge is -2.07. The van der Waals surface area contributed by atoms with Crippen molar-refractivity contribution >= 4 is 31.6 Å². The van der Waals surface area contributed by atoms with Crippen LogP contribution in [0.5, 0.6) is 23.0 Å². The van der Waals surface area contributed by atoms with E-state index >= 15 is 0 Å². The van der Waals surface area contributed by atoms with Crippen LogP contribution >= 0.6 is 0 Å². The number of nitrogens with zero attached hydrogens (tertiary/aromatic N) is 2. The van der Waals surface area contributed by atoms with Crippen LogP contribution in [0.1, 0.15) is 0 Å². The Bertz CT molecular complexity index is 1610. The fourth-order valence-electron chi connectivity index (χ4n) is 2.94. The lowest BCUT2D eigenvalue weighted by Crippen LogP contribution is -2.09. The SMILES string of the molecule is O=[N+]([O-])c1ccc(OS(=O)(=O)c2ccccc2)cc1O.O=[N+]([O-])c1ccc(OS(=O)(=O)c2ccccc2)cc1O. The van der Waals surface area contributed by atoms with Crippen molar-refractivity contribution in [3.63, 3.8) is 0 Å². The van der Waals surface area contributed by atoms with Crippen LogP contribution in [0.2, 0.25) is 0 Å². The predicted octanol–water partition coefficient (Wildman–Crippen LogP) is 4.14. The summed E-state index contributed by atoms with van der Waals surface area (Å²) in [7, 11) is -8.09. The van der Waals surface area contributed by atoms with Crippen molar-refractivity contribution < 1.29 is 45.3 Å². The quantitative estimate of drug-likeness (QED) is 0.168. The molecule has 4 aromatic rings. The summed E-state index contributed by atoms with van der Waals surface area (Å²) in [5.74, 6) is -1.76. The van der Waals surface area contributed by atoms with Crippen LogP contribution in [0.25, 0.3) is 0 Å². The van der Waals surface area contributed by atoms with E-state index in [0.29, 0.717) is 0 Å². The highest BCUT2D eigenvalue weighted by molar-refractivity contribution is 7.87. The van der Waals surface area contributed by atoms with Gasteiger partial charge in [-0.3, -0.25) is 20.2 Å². The first kappa shape index (κ1) is 29.3. The molecule has 0 aliphatic rings. The third kappa shape index (κ3) is 7.42. The highest BCUT2D eigenvalue weighted by Crippen LogP contribution is 2.32. The van der Waals surface area contributed by atoms with E-state index in [0.717, 1.165) is 36.4 Å². The van der Waals surface area contributed by atoms with E-state index in [9.17, 15) is 47.3 Å². The van der Waals surface area contributed by atoms with Gasteiger partial charge in [0, 0.05) is 24.3 Å². The highest BCUT2D eigenvalue weighted by atomic mass is 32.2. The molecule has 16 heteroatoms. The number of hydrogen-bond acceptors (Lipinski definition) is 12. The average molecular weight is 591 g/mol. The highest BCUT2D eigenvalue weighted by Gasteiger charge is 2.20. The van der Waals surface area contributed by atoms with E-state index in [1.807, 2.05) is 0 Å². The summed E-state index contributed by atoms with van der Waals surface area (Å²) < 4.78 is 57.2. The monoisotopic (exact) mass is 590 g/mol. The number of hydrogen-bond donors (Lipinski definition) is 2. The van der Waals surface area contributed by atoms with E-state index in [1.165, 1.54) is 48.5 Å². The molecule has 0 unspecified atom stereocenters. The minimum Gasteiger partial charge on any atom is -0.502 e. The van der Waals surface area contributed by atoms with E-state index < -0.39 is 53.0 Å². The van der Waals surface area contributed by atoms with E-state index in [2.05, 4.69) is 0 Å². The summed E-state index contributed by atoms with van der Waals surface area (Å²) in [5, 5.41) is 39.9. The van der Waals surface area contributed by atoms with Gasteiger partial charge in [0.05, 0.1) is 9.85 Å². The van der Waals surface area contributed by atoms with Crippen LogP contribution in [0.15, 0.2) is 107 Å². The molecule has 0 saturated heterocycles. The molecule has 208 valence electrons. The van der Waals surface area contributed by atoms with Crippen molar-refractivity contribution in [3.8, 4) is 23.0 Å². The van der Waals surface area contributed by atoms with Crippen LogP contribution in [0, 0.1) is 20.2 Å². The fourth-order valence-corrected chi connectivity index (χ4v) is 4.83. The molecule has 0 radical (unpaired) electrons. The summed E-state index contributed by atoms with van der Waals surface area (Å²) in [5.41, 5.74) is -1.07. The minimum atomic E-state index is -4.04. The van der Waals surface area contributed by atoms with E-state index in [-0.39, 0.29) is 21.3 Å². The second kappa shape index (κ2) is 12.1. The Balaban J connectivity index is 0.000000220. The number of benzene rings is 4. The minimum absolute atomic E-state index is 0.0576. The second-order valence-electron chi connectivity index (χ2n) is 7.52. The molecule has 0 heterocycles. The predicted molar refractivity (Wildman–Crippen MR) is 138 cm³/mol. The normalized spacial score (nSPS) is 11.0. The first-order valence-electron chi connectivity index (χ1n) is 10.7. The zero-order valence-corrected chi connectivity index (χ0v) is 21.6. The Hall–Kier alpha value is -5.22. The molecule has 4 rings (SSSR count). The molecule has 40 heavy (non-hydrogen) atoms. The molecule has 2 N–H and O–H groups in total. The third-order valence-electron chi connectivity index (χ3n) is 4.76. The van der Waals surface area contributed by atoms with Gasteiger partial charge in [0.2, 0.25) is 0 Å². The Labute approximate surface area is 226 Å². The number of phenolic OH excluding ortho intramolecular Hbond substituents is 2. The van der Waals surface area contributed by atoms with E-state index in [1.54, 1.807) is 12.1 Å². The number of phenols is 2. The van der Waals surface area contributed by atoms with Gasteiger partial charge in [-0.25, -0.2) is 0 Å². The van der Waals surface area contributed by atoms with Gasteiger partial charge in [0.1, 0.15) is 21.3 Å². The molecule has 0 aliphatic heterocycles. The van der Waals surface area contributed by atoms with Crippen molar-refractivity contribution in [2.45, 2.75) is 9.79 Å². The van der Waals surface area contributed by atoms with Crippen LogP contribution in [-0.2, 0) is 20.2 Å². The topological polar surface area (TPSA) is 213 Å². The summed E-state index contributed by atoms with van der Waals surface area (Å²) in [6, 6.07) is 20.7. The Morgan fingerprint density at radius 2 is 0.875 bits per heavy atom. The summed E-state index contributed by atoms with van der Waals surface area (Å²) in [4.78, 5) is 19.4. The van der Waals surface area contributed by atoms with Crippen molar-refractivity contribution in [2.24, 2.45) is 0 Å². The fraction of sp³-hybridized carbons (Fsp3) is 0. The summed E-state index contributed by atoms with van der Waals surface area (Å²) in [6.07, 6.45) is 0. The van der Waals surface area contributed by atoms with Gasteiger partial charge in [-0.1, -0.05) is 36.4 Å². The largest absolute Gasteiger partial charge is 0.502 e. The maximum Gasteiger partial charge on any atom is 0.339 e. The van der Waals surface area contributed by atoms with E-state index in [4.69, 9.17) is 8.37 Å². The zero-order chi connectivity index (χ0) is 29.5. The van der Waals surface area contributed by atoms with Gasteiger partial charge in [-0.05, 0) is 36.4 Å². The molecule has 0 aliphatic carbocycles. The van der Waals surface area contributed by atoms with Gasteiger partial charge in [0.25, 0.3) is 0 Å². The van der Waals surface area contributed by atoms with Gasteiger partial charge in [0.15, 0.2) is 11.5 Å². The Kier molecular flexibility index (Phi) is 8.87. The van der Waals surface area contributed by atoms with Gasteiger partial charge < -0.3 is 18.6 Å². The molecule has 0 atom stereocenters. The summed E-state index contributed by atoms with van der Waals surface area (Å²) in [6.45, 7) is 0. The van der Waals surface area contributed by atoms with Crippen LogP contribution in [0.3, 0.4) is 0 Å². The molecule has 14 nitrogen and oxygen atoms in total. The molecule has 0 saturated carbocycles. The molecule has 0 bridgehead atoms. The molecule has 0 fully saturated rings. The summed E-state index contributed by atoms with van der Waals surface area (Å²) >= 11 is 0. The Morgan fingerprint density at radius 1 is 0.550 bits per heavy atom. The van der Waals surface area contributed by atoms with Crippen molar-refractivity contribution in [1.82, 2.24) is 0 Å². The molecular weight excluding hydrogens is 572 g/mol. The number of rotatable bonds is 8. The van der Waals surface area contributed by atoms with Crippen LogP contribution in [0.4, 0.5) is 11.4 Å². The first-order valence-corrected chi connectivity index (χ1v) is 13.6. The number of nitro benzene ring substituents is 2. The zero-order valence-electron chi connectivity index (χ0n) is 19.9. The standard InChI is InChI=1S/2C12H9NO6S/c2*14-12-8-9(6-7-11(12)13(15)16)19-20(17,18)10-4-2-1-3-5-10/h2*1-8,14H. The molecule has 0 spiro atoms. The first-order chi connectivity index (χ1) is 18.8. The number of aromatic hydroxyl groups is 2. The second-order valence-corrected chi connectivity index (χ2v) is 10.6. The Morgan fingerprint density at radius 3 is 1.15 bits per heavy atom. The molecule has 0 aromatic heterocycles. The smallest absolute Gasteiger partial charge is 0.339 e. The molecule has 0 amide bonds. The lowest BCUT2D eigenvalue weighted by atomic mass is 10.3. The van der Waals surface area contributed by atoms with Crippen molar-refractivity contribution in [2.75, 3.05) is 0 Å². The third-order valence-corrected chi connectivity index (χ3v) is 7.29. The van der Waals surface area contributed by atoms with Crippen LogP contribution in [-0.4, -0.2) is 36.9 Å². The van der Waals surface area contributed by atoms with Crippen LogP contribution < -0.4 is 8.37 Å². The molecule has 4 aromatic carbocycles. The maximum absolute atomic E-state index is 11.9. The van der Waals surface area contributed by atoms with Gasteiger partial charge in [-0.2, -0.15) is 16.8 Å². The van der Waals surface area contributed by atoms with Gasteiger partial charge >= 0.3 is 31.6 Å².